The largest absolute Gasteiger partial charge is 0.458 e. The first-order valence-electron chi connectivity index (χ1n) is 7.65. The van der Waals surface area contributed by atoms with Gasteiger partial charge in [-0.2, -0.15) is 0 Å². The zero-order chi connectivity index (χ0) is 14.7. The molecule has 2 aromatic rings. The standard InChI is InChI=1S/C17H23NO3/c1-18(10-13-5-4-8-20-12-13)11-15(19)17-9-14-6-2-3-7-16(14)21-17/h2-3,6-7,9,13,15,19H,4-5,8,10-12H2,1H3. The summed E-state index contributed by atoms with van der Waals surface area (Å²) in [6.45, 7) is 3.26. The Hall–Kier alpha value is -1.36. The monoisotopic (exact) mass is 289 g/mol. The zero-order valence-corrected chi connectivity index (χ0v) is 12.5. The van der Waals surface area contributed by atoms with Crippen LogP contribution in [0, 0.1) is 5.92 Å². The van der Waals surface area contributed by atoms with Crippen molar-refractivity contribution in [2.45, 2.75) is 18.9 Å². The second kappa shape index (κ2) is 6.60. The zero-order valence-electron chi connectivity index (χ0n) is 12.5. The number of aliphatic hydroxyl groups is 1. The molecular weight excluding hydrogens is 266 g/mol. The summed E-state index contributed by atoms with van der Waals surface area (Å²) in [4.78, 5) is 2.16. The van der Waals surface area contributed by atoms with Crippen LogP contribution >= 0.6 is 0 Å². The first-order chi connectivity index (χ1) is 10.2. The fourth-order valence-electron chi connectivity index (χ4n) is 3.02. The molecule has 1 N–H and O–H groups in total. The van der Waals surface area contributed by atoms with Crippen molar-refractivity contribution in [3.8, 4) is 0 Å². The lowest BCUT2D eigenvalue weighted by atomic mass is 10.0. The molecule has 3 rings (SSSR count). The highest BCUT2D eigenvalue weighted by Gasteiger charge is 2.19. The van der Waals surface area contributed by atoms with Crippen LogP contribution in [0.4, 0.5) is 0 Å². The van der Waals surface area contributed by atoms with Crippen LogP contribution in [0.15, 0.2) is 34.7 Å². The van der Waals surface area contributed by atoms with Crippen LogP contribution in [0.25, 0.3) is 11.0 Å². The van der Waals surface area contributed by atoms with Crippen molar-refractivity contribution in [1.29, 1.82) is 0 Å². The number of furan rings is 1. The summed E-state index contributed by atoms with van der Waals surface area (Å²) >= 11 is 0. The van der Waals surface area contributed by atoms with Crippen LogP contribution < -0.4 is 0 Å². The molecule has 0 radical (unpaired) electrons. The van der Waals surface area contributed by atoms with Crippen LogP contribution in [-0.4, -0.2) is 43.4 Å². The average molecular weight is 289 g/mol. The molecule has 0 spiro atoms. The number of ether oxygens (including phenoxy) is 1. The molecule has 0 saturated carbocycles. The van der Waals surface area contributed by atoms with Gasteiger partial charge in [0.05, 0.1) is 6.61 Å². The maximum absolute atomic E-state index is 10.4. The van der Waals surface area contributed by atoms with E-state index in [4.69, 9.17) is 9.15 Å². The number of aliphatic hydroxyl groups excluding tert-OH is 1. The second-order valence-corrected chi connectivity index (χ2v) is 6.01. The molecule has 2 unspecified atom stereocenters. The van der Waals surface area contributed by atoms with E-state index in [0.717, 1.165) is 37.1 Å². The third kappa shape index (κ3) is 3.64. The molecule has 1 saturated heterocycles. The molecule has 4 heteroatoms. The molecule has 1 aromatic heterocycles. The van der Waals surface area contributed by atoms with Crippen molar-refractivity contribution >= 4 is 11.0 Å². The quantitative estimate of drug-likeness (QED) is 0.919. The molecule has 4 nitrogen and oxygen atoms in total. The number of benzene rings is 1. The van der Waals surface area contributed by atoms with E-state index < -0.39 is 6.10 Å². The Balaban J connectivity index is 1.58. The highest BCUT2D eigenvalue weighted by atomic mass is 16.5. The van der Waals surface area contributed by atoms with E-state index in [0.29, 0.717) is 18.2 Å². The topological polar surface area (TPSA) is 45.8 Å². The molecule has 2 atom stereocenters. The van der Waals surface area contributed by atoms with Gasteiger partial charge in [-0.05, 0) is 37.9 Å². The van der Waals surface area contributed by atoms with Gasteiger partial charge < -0.3 is 19.2 Å². The van der Waals surface area contributed by atoms with Crippen LogP contribution in [0.5, 0.6) is 0 Å². The van der Waals surface area contributed by atoms with Crippen molar-refractivity contribution < 1.29 is 14.3 Å². The minimum Gasteiger partial charge on any atom is -0.458 e. The van der Waals surface area contributed by atoms with Crippen LogP contribution in [0.1, 0.15) is 24.7 Å². The second-order valence-electron chi connectivity index (χ2n) is 6.01. The maximum atomic E-state index is 10.4. The first-order valence-corrected chi connectivity index (χ1v) is 7.65. The van der Waals surface area contributed by atoms with E-state index >= 15 is 0 Å². The first kappa shape index (κ1) is 14.6. The van der Waals surface area contributed by atoms with Gasteiger partial charge in [0.1, 0.15) is 17.4 Å². The lowest BCUT2D eigenvalue weighted by molar-refractivity contribution is 0.0323. The van der Waals surface area contributed by atoms with Gasteiger partial charge in [0, 0.05) is 25.1 Å². The predicted molar refractivity (Wildman–Crippen MR) is 82.2 cm³/mol. The Kier molecular flexibility index (Phi) is 4.58. The summed E-state index contributed by atoms with van der Waals surface area (Å²) in [6, 6.07) is 9.77. The van der Waals surface area contributed by atoms with Crippen molar-refractivity contribution in [2.75, 3.05) is 33.4 Å². The van der Waals surface area contributed by atoms with Gasteiger partial charge in [-0.15, -0.1) is 0 Å². The molecule has 1 fully saturated rings. The van der Waals surface area contributed by atoms with E-state index in [9.17, 15) is 5.11 Å². The summed E-state index contributed by atoms with van der Waals surface area (Å²) in [5, 5.41) is 11.4. The lowest BCUT2D eigenvalue weighted by Gasteiger charge is -2.27. The van der Waals surface area contributed by atoms with Crippen molar-refractivity contribution in [3.05, 3.63) is 36.1 Å². The predicted octanol–water partition coefficient (Wildman–Crippen LogP) is 2.82. The molecule has 1 aliphatic rings. The van der Waals surface area contributed by atoms with Crippen LogP contribution in [-0.2, 0) is 4.74 Å². The summed E-state index contributed by atoms with van der Waals surface area (Å²) in [7, 11) is 2.04. The molecular formula is C17H23NO3. The van der Waals surface area contributed by atoms with Crippen LogP contribution in [0.3, 0.4) is 0 Å². The van der Waals surface area contributed by atoms with Gasteiger partial charge in [-0.25, -0.2) is 0 Å². The Morgan fingerprint density at radius 2 is 2.24 bits per heavy atom. The SMILES string of the molecule is CN(CC1CCCOC1)CC(O)c1cc2ccccc2o1. The number of rotatable bonds is 5. The van der Waals surface area contributed by atoms with Crippen LogP contribution in [0.2, 0.25) is 0 Å². The molecule has 2 heterocycles. The molecule has 114 valence electrons. The van der Waals surface area contributed by atoms with Gasteiger partial charge in [0.2, 0.25) is 0 Å². The highest BCUT2D eigenvalue weighted by Crippen LogP contribution is 2.24. The Morgan fingerprint density at radius 3 is 3.00 bits per heavy atom. The highest BCUT2D eigenvalue weighted by molar-refractivity contribution is 5.77. The molecule has 21 heavy (non-hydrogen) atoms. The fourth-order valence-corrected chi connectivity index (χ4v) is 3.02. The van der Waals surface area contributed by atoms with E-state index in [-0.39, 0.29) is 0 Å². The molecule has 1 aliphatic heterocycles. The van der Waals surface area contributed by atoms with Crippen molar-refractivity contribution in [1.82, 2.24) is 4.90 Å². The Morgan fingerprint density at radius 1 is 1.38 bits per heavy atom. The van der Waals surface area contributed by atoms with Gasteiger partial charge in [-0.1, -0.05) is 18.2 Å². The number of hydrogen-bond acceptors (Lipinski definition) is 4. The average Bonchev–Trinajstić information content (AvgIpc) is 2.92. The molecule has 0 bridgehead atoms. The van der Waals surface area contributed by atoms with Gasteiger partial charge >= 0.3 is 0 Å². The third-order valence-corrected chi connectivity index (χ3v) is 4.08. The summed E-state index contributed by atoms with van der Waals surface area (Å²) < 4.78 is 11.2. The normalized spacial score (nSPS) is 21.0. The number of fused-ring (bicyclic) bond motifs is 1. The summed E-state index contributed by atoms with van der Waals surface area (Å²) in [5.41, 5.74) is 0.829. The fraction of sp³-hybridized carbons (Fsp3) is 0.529. The molecule has 0 aliphatic carbocycles. The minimum atomic E-state index is -0.591. The summed E-state index contributed by atoms with van der Waals surface area (Å²) in [6.07, 6.45) is 1.77. The van der Waals surface area contributed by atoms with Gasteiger partial charge in [0.15, 0.2) is 0 Å². The number of nitrogens with zero attached hydrogens (tertiary/aromatic N) is 1. The third-order valence-electron chi connectivity index (χ3n) is 4.08. The van der Waals surface area contributed by atoms with E-state index in [1.807, 2.05) is 37.4 Å². The van der Waals surface area contributed by atoms with Crippen molar-refractivity contribution in [2.24, 2.45) is 5.92 Å². The van der Waals surface area contributed by atoms with E-state index in [1.54, 1.807) is 0 Å². The number of para-hydroxylation sites is 1. The Labute approximate surface area is 125 Å². The number of likely N-dealkylation sites (N-methyl/N-ethyl adjacent to an activating group) is 1. The van der Waals surface area contributed by atoms with E-state index in [2.05, 4.69) is 4.90 Å². The minimum absolute atomic E-state index is 0.576. The maximum Gasteiger partial charge on any atom is 0.135 e. The van der Waals surface area contributed by atoms with Gasteiger partial charge in [-0.3, -0.25) is 0 Å². The molecule has 1 aromatic carbocycles. The smallest absolute Gasteiger partial charge is 0.135 e. The Bertz CT molecular complexity index is 541. The van der Waals surface area contributed by atoms with Gasteiger partial charge in [0.25, 0.3) is 0 Å². The molecule has 0 amide bonds. The number of hydrogen-bond donors (Lipinski definition) is 1. The summed E-state index contributed by atoms with van der Waals surface area (Å²) in [5.74, 6) is 1.22. The lowest BCUT2D eigenvalue weighted by Crippen LogP contribution is -2.33. The van der Waals surface area contributed by atoms with E-state index in [1.165, 1.54) is 6.42 Å². The van der Waals surface area contributed by atoms with Crippen molar-refractivity contribution in [3.63, 3.8) is 0 Å².